The van der Waals surface area contributed by atoms with Gasteiger partial charge in [0.05, 0.1) is 0 Å². The van der Waals surface area contributed by atoms with Crippen molar-refractivity contribution in [3.63, 3.8) is 0 Å². The van der Waals surface area contributed by atoms with E-state index in [1.54, 1.807) is 6.92 Å². The molecule has 0 unspecified atom stereocenters. The number of rotatable bonds is 5. The van der Waals surface area contributed by atoms with Crippen LogP contribution in [-0.2, 0) is 9.22 Å². The molecule has 13 heavy (non-hydrogen) atoms. The largest absolute Gasteiger partial charge is 0.516 e. The Hall–Kier alpha value is -0.573. The lowest BCUT2D eigenvalue weighted by Gasteiger charge is -2.22. The molecule has 0 N–H and O–H groups in total. The number of carbonyl (C=O) groups excluding carboxylic acids is 1. The predicted molar refractivity (Wildman–Crippen MR) is 58.1 cm³/mol. The van der Waals surface area contributed by atoms with Gasteiger partial charge in [-0.15, -0.1) is 0 Å². The number of hydrogen-bond acceptors (Lipinski definition) is 2. The van der Waals surface area contributed by atoms with Gasteiger partial charge in [-0.05, 0) is 26.1 Å². The highest BCUT2D eigenvalue weighted by atomic mass is 28.4. The van der Waals surface area contributed by atoms with Crippen molar-refractivity contribution in [1.82, 2.24) is 0 Å². The molecule has 0 amide bonds. The average Bonchev–Trinajstić information content (AvgIpc) is 2.00. The van der Waals surface area contributed by atoms with Gasteiger partial charge in [-0.3, -0.25) is 0 Å². The fraction of sp³-hybridized carbons (Fsp3) is 0.700. The zero-order valence-corrected chi connectivity index (χ0v) is 10.1. The third-order valence-electron chi connectivity index (χ3n) is 1.85. The highest BCUT2D eigenvalue weighted by molar-refractivity contribution is 6.72. The first-order chi connectivity index (χ1) is 5.89. The van der Waals surface area contributed by atoms with Crippen molar-refractivity contribution in [3.8, 4) is 0 Å². The third kappa shape index (κ3) is 5.63. The van der Waals surface area contributed by atoms with E-state index in [2.05, 4.69) is 26.6 Å². The molecule has 0 aromatic heterocycles. The SMILES string of the molecule is C=C(C)C(=O)O[Si](C)(C)CCCC. The molecule has 0 atom stereocenters. The van der Waals surface area contributed by atoms with Gasteiger partial charge in [0, 0.05) is 5.57 Å². The first-order valence-corrected chi connectivity index (χ1v) is 7.89. The second-order valence-electron chi connectivity index (χ2n) is 4.03. The highest BCUT2D eigenvalue weighted by Crippen LogP contribution is 2.16. The summed E-state index contributed by atoms with van der Waals surface area (Å²) in [6.07, 6.45) is 2.30. The van der Waals surface area contributed by atoms with Crippen LogP contribution in [0.15, 0.2) is 12.2 Å². The summed E-state index contributed by atoms with van der Waals surface area (Å²) in [6.45, 7) is 11.5. The standard InChI is InChI=1S/C10H20O2Si/c1-6-7-8-13(4,5)12-10(11)9(2)3/h2,6-8H2,1,3-5H3. The fourth-order valence-corrected chi connectivity index (χ4v) is 2.97. The molecule has 0 aliphatic heterocycles. The molecule has 0 radical (unpaired) electrons. The molecule has 0 saturated carbocycles. The first-order valence-electron chi connectivity index (χ1n) is 4.78. The zero-order chi connectivity index (χ0) is 10.5. The van der Waals surface area contributed by atoms with Crippen LogP contribution < -0.4 is 0 Å². The molecule has 0 saturated heterocycles. The molecular formula is C10H20O2Si. The van der Waals surface area contributed by atoms with Gasteiger partial charge >= 0.3 is 5.97 Å². The lowest BCUT2D eigenvalue weighted by molar-refractivity contribution is -0.130. The van der Waals surface area contributed by atoms with Gasteiger partial charge in [0.1, 0.15) is 0 Å². The topological polar surface area (TPSA) is 26.3 Å². The van der Waals surface area contributed by atoms with Crippen LogP contribution in [-0.4, -0.2) is 14.3 Å². The maximum atomic E-state index is 11.2. The van der Waals surface area contributed by atoms with Crippen LogP contribution in [0.1, 0.15) is 26.7 Å². The van der Waals surface area contributed by atoms with Gasteiger partial charge < -0.3 is 4.43 Å². The molecule has 0 aliphatic carbocycles. The van der Waals surface area contributed by atoms with Gasteiger partial charge in [-0.25, -0.2) is 4.79 Å². The molecule has 0 aliphatic rings. The molecule has 0 aromatic rings. The van der Waals surface area contributed by atoms with Crippen molar-refractivity contribution in [1.29, 1.82) is 0 Å². The minimum atomic E-state index is -1.76. The molecule has 3 heteroatoms. The van der Waals surface area contributed by atoms with Crippen molar-refractivity contribution < 1.29 is 9.22 Å². The molecule has 2 nitrogen and oxygen atoms in total. The van der Waals surface area contributed by atoms with E-state index in [9.17, 15) is 4.79 Å². The van der Waals surface area contributed by atoms with E-state index in [4.69, 9.17) is 4.43 Å². The summed E-state index contributed by atoms with van der Waals surface area (Å²) in [4.78, 5) is 11.2. The molecule has 0 heterocycles. The highest BCUT2D eigenvalue weighted by Gasteiger charge is 2.26. The van der Waals surface area contributed by atoms with E-state index >= 15 is 0 Å². The van der Waals surface area contributed by atoms with Crippen LogP contribution in [0.2, 0.25) is 19.1 Å². The maximum absolute atomic E-state index is 11.2. The van der Waals surface area contributed by atoms with Crippen LogP contribution in [0.4, 0.5) is 0 Å². The van der Waals surface area contributed by atoms with Crippen molar-refractivity contribution in [2.75, 3.05) is 0 Å². The summed E-state index contributed by atoms with van der Waals surface area (Å²) in [5.41, 5.74) is 0.497. The van der Waals surface area contributed by atoms with Gasteiger partial charge in [0.2, 0.25) is 8.32 Å². The first kappa shape index (κ1) is 12.4. The van der Waals surface area contributed by atoms with E-state index in [1.165, 1.54) is 0 Å². The van der Waals surface area contributed by atoms with Crippen LogP contribution in [0.5, 0.6) is 0 Å². The molecule has 0 bridgehead atoms. The lowest BCUT2D eigenvalue weighted by Crippen LogP contribution is -2.33. The second kappa shape index (κ2) is 5.22. The Morgan fingerprint density at radius 3 is 2.38 bits per heavy atom. The number of unbranched alkanes of at least 4 members (excludes halogenated alkanes) is 1. The van der Waals surface area contributed by atoms with Gasteiger partial charge in [-0.2, -0.15) is 0 Å². The minimum absolute atomic E-state index is 0.229. The second-order valence-corrected chi connectivity index (χ2v) is 8.26. The van der Waals surface area contributed by atoms with Crippen molar-refractivity contribution >= 4 is 14.3 Å². The summed E-state index contributed by atoms with van der Waals surface area (Å²) >= 11 is 0. The summed E-state index contributed by atoms with van der Waals surface area (Å²) in [5.74, 6) is -0.229. The number of hydrogen-bond donors (Lipinski definition) is 0. The lowest BCUT2D eigenvalue weighted by atomic mass is 10.4. The summed E-state index contributed by atoms with van der Waals surface area (Å²) < 4.78 is 5.40. The summed E-state index contributed by atoms with van der Waals surface area (Å²) in [5, 5.41) is 0. The van der Waals surface area contributed by atoms with E-state index in [-0.39, 0.29) is 5.97 Å². The Morgan fingerprint density at radius 1 is 1.46 bits per heavy atom. The van der Waals surface area contributed by atoms with E-state index in [0.29, 0.717) is 5.57 Å². The average molecular weight is 200 g/mol. The Labute approximate surface area is 82.1 Å². The van der Waals surface area contributed by atoms with Gasteiger partial charge in [-0.1, -0.05) is 26.3 Å². The van der Waals surface area contributed by atoms with E-state index in [1.807, 2.05) is 0 Å². The quantitative estimate of drug-likeness (QED) is 0.503. The summed E-state index contributed by atoms with van der Waals surface area (Å²) in [6, 6.07) is 1.04. The normalized spacial score (nSPS) is 11.1. The predicted octanol–water partition coefficient (Wildman–Crippen LogP) is 3.11. The third-order valence-corrected chi connectivity index (χ3v) is 4.15. The smallest absolute Gasteiger partial charge is 0.319 e. The Kier molecular flexibility index (Phi) is 4.99. The molecule has 0 spiro atoms. The Morgan fingerprint density at radius 2 is 2.00 bits per heavy atom. The fourth-order valence-electron chi connectivity index (χ4n) is 0.992. The van der Waals surface area contributed by atoms with Crippen molar-refractivity contribution in [2.45, 2.75) is 45.8 Å². The van der Waals surface area contributed by atoms with Crippen LogP contribution in [0.3, 0.4) is 0 Å². The van der Waals surface area contributed by atoms with Crippen molar-refractivity contribution in [3.05, 3.63) is 12.2 Å². The molecule has 76 valence electrons. The monoisotopic (exact) mass is 200 g/mol. The minimum Gasteiger partial charge on any atom is -0.516 e. The van der Waals surface area contributed by atoms with Gasteiger partial charge in [0.15, 0.2) is 0 Å². The number of carbonyl (C=O) groups is 1. The molecular weight excluding hydrogens is 180 g/mol. The van der Waals surface area contributed by atoms with E-state index in [0.717, 1.165) is 18.9 Å². The maximum Gasteiger partial charge on any atom is 0.319 e. The zero-order valence-electron chi connectivity index (χ0n) is 9.14. The van der Waals surface area contributed by atoms with Crippen LogP contribution in [0.25, 0.3) is 0 Å². The molecule has 0 aromatic carbocycles. The summed E-state index contributed by atoms with van der Waals surface area (Å²) in [7, 11) is -1.76. The molecule has 0 rings (SSSR count). The van der Waals surface area contributed by atoms with Gasteiger partial charge in [0.25, 0.3) is 0 Å². The Balaban J connectivity index is 4.00. The molecule has 0 fully saturated rings. The van der Waals surface area contributed by atoms with Crippen molar-refractivity contribution in [2.24, 2.45) is 0 Å². The van der Waals surface area contributed by atoms with Crippen LogP contribution >= 0.6 is 0 Å². The van der Waals surface area contributed by atoms with Crippen LogP contribution in [0, 0.1) is 0 Å². The Bertz CT molecular complexity index is 197. The van der Waals surface area contributed by atoms with E-state index < -0.39 is 8.32 Å².